The van der Waals surface area contributed by atoms with Gasteiger partial charge in [0.25, 0.3) is 0 Å². The Kier molecular flexibility index (Phi) is 8.21. The molecule has 1 aliphatic carbocycles. The molecule has 39 heavy (non-hydrogen) atoms. The van der Waals surface area contributed by atoms with E-state index in [1.807, 2.05) is 12.1 Å². The summed E-state index contributed by atoms with van der Waals surface area (Å²) < 4.78 is 11.5. The van der Waals surface area contributed by atoms with Gasteiger partial charge in [-0.25, -0.2) is 14.6 Å². The van der Waals surface area contributed by atoms with Gasteiger partial charge in [-0.15, -0.1) is 0 Å². The summed E-state index contributed by atoms with van der Waals surface area (Å²) in [6, 6.07) is 6.24. The molecule has 2 N–H and O–H groups in total. The molecule has 1 aromatic heterocycles. The Bertz CT molecular complexity index is 1250. The second kappa shape index (κ2) is 11.5. The van der Waals surface area contributed by atoms with Gasteiger partial charge >= 0.3 is 12.1 Å². The van der Waals surface area contributed by atoms with Gasteiger partial charge in [0, 0.05) is 18.0 Å². The standard InChI is InChI=1S/C29H36IN3O6/c1-29(2)12-5-6-17-9-10-18-11-13-31-25(20(18)14-17)39-22-15-21(27(35)36)33(24(22)30)26(34)23(19-7-3-4-8-19)32-28(37)38-16-29/h9-11,13-14,19,21-24H,3-8,12,15-16H2,1-2H3,(H,32,37)(H,35,36)/t21-,22-,23-,24-/m0/s1. The summed E-state index contributed by atoms with van der Waals surface area (Å²) in [4.78, 5) is 45.2. The number of halogens is 1. The van der Waals surface area contributed by atoms with Gasteiger partial charge in [-0.2, -0.15) is 0 Å². The number of benzene rings is 1. The van der Waals surface area contributed by atoms with Crippen LogP contribution in [0, 0.1) is 11.3 Å². The Morgan fingerprint density at radius 2 is 1.95 bits per heavy atom. The maximum atomic E-state index is 14.0. The molecule has 2 aromatic rings. The van der Waals surface area contributed by atoms with E-state index in [-0.39, 0.29) is 24.4 Å². The first-order chi connectivity index (χ1) is 18.6. The monoisotopic (exact) mass is 649 g/mol. The second-order valence-corrected chi connectivity index (χ2v) is 13.1. The number of ether oxygens (including phenoxy) is 2. The van der Waals surface area contributed by atoms with Crippen LogP contribution < -0.4 is 10.1 Å². The average molecular weight is 650 g/mol. The number of carboxylic acids is 1. The lowest BCUT2D eigenvalue weighted by molar-refractivity contribution is -0.149. The van der Waals surface area contributed by atoms with E-state index in [1.165, 1.54) is 4.90 Å². The molecule has 3 heterocycles. The van der Waals surface area contributed by atoms with Crippen LogP contribution in [-0.2, 0) is 20.7 Å². The summed E-state index contributed by atoms with van der Waals surface area (Å²) in [5.41, 5.74) is 0.902. The number of nitrogens with zero attached hydrogens (tertiary/aromatic N) is 2. The number of aryl methyl sites for hydroxylation is 1. The van der Waals surface area contributed by atoms with E-state index in [4.69, 9.17) is 9.47 Å². The summed E-state index contributed by atoms with van der Waals surface area (Å²) in [6.45, 7) is 4.36. The van der Waals surface area contributed by atoms with E-state index >= 15 is 0 Å². The number of cyclic esters (lactones) is 1. The third-order valence-electron chi connectivity index (χ3n) is 8.28. The van der Waals surface area contributed by atoms with Gasteiger partial charge in [0.15, 0.2) is 0 Å². The van der Waals surface area contributed by atoms with Gasteiger partial charge in [-0.05, 0) is 66.5 Å². The van der Waals surface area contributed by atoms with Crippen LogP contribution in [0.15, 0.2) is 30.5 Å². The van der Waals surface area contributed by atoms with Crippen LogP contribution in [0.3, 0.4) is 0 Å². The number of carbonyl (C=O) groups is 3. The fourth-order valence-corrected chi connectivity index (χ4v) is 7.19. The van der Waals surface area contributed by atoms with E-state index in [9.17, 15) is 19.5 Å². The van der Waals surface area contributed by atoms with E-state index in [2.05, 4.69) is 58.9 Å². The summed E-state index contributed by atoms with van der Waals surface area (Å²) >= 11 is 2.10. The Hall–Kier alpha value is -2.63. The molecule has 0 unspecified atom stereocenters. The van der Waals surface area contributed by atoms with Gasteiger partial charge in [0.2, 0.25) is 11.8 Å². The van der Waals surface area contributed by atoms with Crippen LogP contribution in [0.25, 0.3) is 10.8 Å². The topological polar surface area (TPSA) is 118 Å². The number of hydrogen-bond acceptors (Lipinski definition) is 6. The van der Waals surface area contributed by atoms with Crippen molar-refractivity contribution in [2.24, 2.45) is 11.3 Å². The number of carbonyl (C=O) groups excluding carboxylic acids is 2. The maximum absolute atomic E-state index is 14.0. The fourth-order valence-electron chi connectivity index (χ4n) is 6.08. The number of alkyl carbamates (subject to hydrolysis) is 1. The van der Waals surface area contributed by atoms with Crippen molar-refractivity contribution in [3.8, 4) is 5.88 Å². The zero-order valence-electron chi connectivity index (χ0n) is 22.4. The lowest BCUT2D eigenvalue weighted by atomic mass is 9.87. The maximum Gasteiger partial charge on any atom is 0.407 e. The molecule has 4 bridgehead atoms. The minimum atomic E-state index is -1.09. The third-order valence-corrected chi connectivity index (χ3v) is 9.69. The van der Waals surface area contributed by atoms with Gasteiger partial charge in [-0.1, -0.05) is 61.4 Å². The largest absolute Gasteiger partial charge is 0.480 e. The molecule has 210 valence electrons. The predicted octanol–water partition coefficient (Wildman–Crippen LogP) is 5.08. The minimum Gasteiger partial charge on any atom is -0.480 e. The highest BCUT2D eigenvalue weighted by molar-refractivity contribution is 14.1. The quantitative estimate of drug-likeness (QED) is 0.265. The number of nitrogens with one attached hydrogen (secondary N) is 1. The van der Waals surface area contributed by atoms with Crippen LogP contribution in [-0.4, -0.2) is 61.8 Å². The number of rotatable bonds is 2. The van der Waals surface area contributed by atoms with Gasteiger partial charge < -0.3 is 24.8 Å². The normalized spacial score (nSPS) is 28.4. The summed E-state index contributed by atoms with van der Waals surface area (Å²) in [7, 11) is 0. The number of pyridine rings is 1. The summed E-state index contributed by atoms with van der Waals surface area (Å²) in [5.74, 6) is -1.12. The zero-order chi connectivity index (χ0) is 27.7. The van der Waals surface area contributed by atoms with Crippen LogP contribution in [0.2, 0.25) is 0 Å². The fraction of sp³-hybridized carbons (Fsp3) is 0.586. The number of carboxylic acid groups (broad SMARTS) is 1. The molecule has 10 heteroatoms. The number of aromatic nitrogens is 1. The first-order valence-corrected chi connectivity index (χ1v) is 15.0. The lowest BCUT2D eigenvalue weighted by Crippen LogP contribution is -2.56. The minimum absolute atomic E-state index is 0.0696. The van der Waals surface area contributed by atoms with Crippen molar-refractivity contribution in [1.29, 1.82) is 0 Å². The van der Waals surface area contributed by atoms with Crippen molar-refractivity contribution in [2.75, 3.05) is 6.61 Å². The number of fused-ring (bicyclic) bond motifs is 3. The molecule has 0 spiro atoms. The zero-order valence-corrected chi connectivity index (χ0v) is 24.6. The predicted molar refractivity (Wildman–Crippen MR) is 154 cm³/mol. The molecule has 5 rings (SSSR count). The second-order valence-electron chi connectivity index (χ2n) is 11.8. The van der Waals surface area contributed by atoms with Gasteiger partial charge in [-0.3, -0.25) is 4.79 Å². The molecular formula is C29H36IN3O6. The Balaban J connectivity index is 1.53. The van der Waals surface area contributed by atoms with Crippen molar-refractivity contribution >= 4 is 51.3 Å². The summed E-state index contributed by atoms with van der Waals surface area (Å²) in [6.07, 6.45) is 6.74. The molecule has 4 atom stereocenters. The lowest BCUT2D eigenvalue weighted by Gasteiger charge is -2.33. The molecule has 3 aliphatic rings. The molecule has 2 aliphatic heterocycles. The SMILES string of the molecule is CC1(C)CCCc2ccc3ccnc(c3c2)O[C@H]2C[C@@H](C(=O)O)N(C(=O)[C@H](C3CCCC3)NC(=O)OC1)[C@@H]2I. The number of hydrogen-bond donors (Lipinski definition) is 2. The van der Waals surface area contributed by atoms with E-state index < -0.39 is 40.2 Å². The van der Waals surface area contributed by atoms with Crippen molar-refractivity contribution in [1.82, 2.24) is 15.2 Å². The van der Waals surface area contributed by atoms with Crippen molar-refractivity contribution in [3.05, 3.63) is 36.0 Å². The number of alkyl halides is 1. The molecule has 0 radical (unpaired) electrons. The highest BCUT2D eigenvalue weighted by Gasteiger charge is 2.50. The van der Waals surface area contributed by atoms with Crippen molar-refractivity contribution in [3.63, 3.8) is 0 Å². The van der Waals surface area contributed by atoms with Crippen LogP contribution >= 0.6 is 22.6 Å². The first-order valence-electron chi connectivity index (χ1n) is 13.8. The van der Waals surface area contributed by atoms with Crippen LogP contribution in [0.1, 0.15) is 64.4 Å². The van der Waals surface area contributed by atoms with Gasteiger partial charge in [0.05, 0.1) is 6.61 Å². The molecule has 2 amide bonds. The molecule has 1 saturated carbocycles. The smallest absolute Gasteiger partial charge is 0.407 e. The Morgan fingerprint density at radius 3 is 2.69 bits per heavy atom. The molecule has 2 fully saturated rings. The van der Waals surface area contributed by atoms with Crippen LogP contribution in [0.4, 0.5) is 4.79 Å². The van der Waals surface area contributed by atoms with Gasteiger partial charge in [0.1, 0.15) is 22.2 Å². The Labute approximate surface area is 242 Å². The van der Waals surface area contributed by atoms with Crippen LogP contribution in [0.5, 0.6) is 5.88 Å². The summed E-state index contributed by atoms with van der Waals surface area (Å²) in [5, 5.41) is 14.8. The van der Waals surface area contributed by atoms with E-state index in [1.54, 1.807) is 6.20 Å². The van der Waals surface area contributed by atoms with E-state index in [0.29, 0.717) is 5.88 Å². The van der Waals surface area contributed by atoms with E-state index in [0.717, 1.165) is 61.3 Å². The highest BCUT2D eigenvalue weighted by Crippen LogP contribution is 2.37. The molecule has 9 nitrogen and oxygen atoms in total. The first kappa shape index (κ1) is 27.9. The molecular weight excluding hydrogens is 613 g/mol. The molecule has 1 saturated heterocycles. The van der Waals surface area contributed by atoms with Crippen molar-refractivity contribution in [2.45, 2.75) is 87.5 Å². The number of aliphatic carboxylic acids is 1. The third kappa shape index (κ3) is 6.10. The highest BCUT2D eigenvalue weighted by atomic mass is 127. The average Bonchev–Trinajstić information content (AvgIpc) is 3.54. The molecule has 1 aromatic carbocycles. The van der Waals surface area contributed by atoms with Crippen molar-refractivity contribution < 1.29 is 29.0 Å². The Morgan fingerprint density at radius 1 is 1.18 bits per heavy atom. The number of amides is 2.